The number of aliphatic hydroxyl groups is 3. The van der Waals surface area contributed by atoms with Crippen LogP contribution in [0.5, 0.6) is 0 Å². The van der Waals surface area contributed by atoms with E-state index < -0.39 is 49.7 Å². The predicted octanol–water partition coefficient (Wildman–Crippen LogP) is 2.61. The zero-order chi connectivity index (χ0) is 27.9. The van der Waals surface area contributed by atoms with Crippen molar-refractivity contribution in [3.8, 4) is 0 Å². The number of rotatable bonds is 11. The molecule has 0 unspecified atom stereocenters. The maximum absolute atomic E-state index is 14.8. The first-order valence-corrected chi connectivity index (χ1v) is 12.4. The molecule has 0 saturated carbocycles. The second-order valence-corrected chi connectivity index (χ2v) is 9.67. The molecule has 0 bridgehead atoms. The Labute approximate surface area is 222 Å². The van der Waals surface area contributed by atoms with E-state index in [2.05, 4.69) is 10.6 Å². The number of amides is 1. The predicted molar refractivity (Wildman–Crippen MR) is 136 cm³/mol. The second kappa shape index (κ2) is 13.0. The summed E-state index contributed by atoms with van der Waals surface area (Å²) in [6, 6.07) is 8.74. The Hall–Kier alpha value is -2.48. The van der Waals surface area contributed by atoms with Crippen LogP contribution in [0.25, 0.3) is 0 Å². The molecule has 1 aliphatic heterocycles. The van der Waals surface area contributed by atoms with Crippen molar-refractivity contribution in [2.24, 2.45) is 0 Å². The molecule has 0 aliphatic carbocycles. The molecule has 210 valence electrons. The molecule has 1 aliphatic rings. The van der Waals surface area contributed by atoms with Crippen LogP contribution < -0.4 is 15.5 Å². The minimum absolute atomic E-state index is 0.0246. The van der Waals surface area contributed by atoms with Crippen LogP contribution in [0.1, 0.15) is 22.3 Å². The molecule has 1 saturated heterocycles. The smallest absolute Gasteiger partial charge is 0.390 e. The van der Waals surface area contributed by atoms with Crippen LogP contribution in [-0.2, 0) is 6.54 Å². The Morgan fingerprint density at radius 1 is 0.974 bits per heavy atom. The van der Waals surface area contributed by atoms with Crippen LogP contribution in [-0.4, -0.2) is 90.4 Å². The highest BCUT2D eigenvalue weighted by molar-refractivity contribution is 6.31. The molecule has 0 spiro atoms. The largest absolute Gasteiger partial charge is 0.394 e. The molecule has 13 heteroatoms. The zero-order valence-corrected chi connectivity index (χ0v) is 21.3. The Morgan fingerprint density at radius 2 is 1.63 bits per heavy atom. The number of benzene rings is 2. The van der Waals surface area contributed by atoms with Gasteiger partial charge in [0, 0.05) is 44.3 Å². The van der Waals surface area contributed by atoms with Crippen molar-refractivity contribution in [2.75, 3.05) is 62.8 Å². The molecule has 1 heterocycles. The quantitative estimate of drug-likeness (QED) is 0.268. The number of nitrogens with zero attached hydrogens (tertiary/aromatic N) is 2. The lowest BCUT2D eigenvalue weighted by Crippen LogP contribution is -2.54. The van der Waals surface area contributed by atoms with Gasteiger partial charge in [-0.3, -0.25) is 9.69 Å². The van der Waals surface area contributed by atoms with Gasteiger partial charge in [0.2, 0.25) is 0 Å². The molecule has 2 aromatic rings. The van der Waals surface area contributed by atoms with E-state index in [1.54, 1.807) is 23.1 Å². The standard InChI is InChI=1S/C25H31ClF4N4O4/c26-18-2-4-21(22(12-18)34-9-7-33(8-10-34)6-5-25(28,29)30)32-23(38)19-3-1-17(11-20(19)27)13-31-24(14-35,15-36)16-37/h1-4,11-12,31,35-37H,5-10,13-16H2,(H,32,38). The van der Waals surface area contributed by atoms with Crippen LogP contribution in [0.3, 0.4) is 0 Å². The molecule has 3 rings (SSSR count). The highest BCUT2D eigenvalue weighted by atomic mass is 35.5. The number of piperazine rings is 1. The Morgan fingerprint density at radius 3 is 2.21 bits per heavy atom. The Balaban J connectivity index is 1.67. The summed E-state index contributed by atoms with van der Waals surface area (Å²) in [5, 5.41) is 34.1. The fraction of sp³-hybridized carbons (Fsp3) is 0.480. The van der Waals surface area contributed by atoms with Crippen molar-refractivity contribution in [2.45, 2.75) is 24.7 Å². The van der Waals surface area contributed by atoms with Crippen molar-refractivity contribution in [1.29, 1.82) is 0 Å². The lowest BCUT2D eigenvalue weighted by molar-refractivity contribution is -0.138. The summed E-state index contributed by atoms with van der Waals surface area (Å²) in [4.78, 5) is 16.6. The van der Waals surface area contributed by atoms with Gasteiger partial charge in [-0.05, 0) is 35.9 Å². The summed E-state index contributed by atoms with van der Waals surface area (Å²) in [6.45, 7) is 0.00873. The fourth-order valence-electron chi connectivity index (χ4n) is 4.02. The molecule has 1 amide bonds. The van der Waals surface area contributed by atoms with Gasteiger partial charge in [0.25, 0.3) is 5.91 Å². The molecule has 1 fully saturated rings. The molecular weight excluding hydrogens is 532 g/mol. The van der Waals surface area contributed by atoms with Gasteiger partial charge in [0.05, 0.1) is 48.7 Å². The molecule has 2 aromatic carbocycles. The highest BCUT2D eigenvalue weighted by Gasteiger charge is 2.29. The SMILES string of the molecule is O=C(Nc1ccc(Cl)cc1N1CCN(CCC(F)(F)F)CC1)c1ccc(CNC(CO)(CO)CO)cc1F. The second-order valence-electron chi connectivity index (χ2n) is 9.23. The van der Waals surface area contributed by atoms with E-state index in [-0.39, 0.29) is 18.7 Å². The van der Waals surface area contributed by atoms with Gasteiger partial charge in [0.1, 0.15) is 5.82 Å². The molecular formula is C25H31ClF4N4O4. The van der Waals surface area contributed by atoms with E-state index in [0.717, 1.165) is 6.07 Å². The van der Waals surface area contributed by atoms with E-state index in [4.69, 9.17) is 11.6 Å². The van der Waals surface area contributed by atoms with Gasteiger partial charge in [0.15, 0.2) is 0 Å². The number of alkyl halides is 3. The first-order valence-electron chi connectivity index (χ1n) is 12.0. The summed E-state index contributed by atoms with van der Waals surface area (Å²) < 4.78 is 52.5. The minimum Gasteiger partial charge on any atom is -0.394 e. The molecule has 0 aromatic heterocycles. The van der Waals surface area contributed by atoms with Crippen molar-refractivity contribution >= 4 is 28.9 Å². The number of carbonyl (C=O) groups is 1. The lowest BCUT2D eigenvalue weighted by atomic mass is 10.0. The Bertz CT molecular complexity index is 1090. The summed E-state index contributed by atoms with van der Waals surface area (Å²) in [5.41, 5.74) is -0.164. The lowest BCUT2D eigenvalue weighted by Gasteiger charge is -2.37. The van der Waals surface area contributed by atoms with Gasteiger partial charge in [-0.2, -0.15) is 13.2 Å². The average Bonchev–Trinajstić information content (AvgIpc) is 2.89. The van der Waals surface area contributed by atoms with Crippen LogP contribution in [0.2, 0.25) is 5.02 Å². The van der Waals surface area contributed by atoms with E-state index in [0.29, 0.717) is 48.1 Å². The fourth-order valence-corrected chi connectivity index (χ4v) is 4.19. The molecule has 0 radical (unpaired) electrons. The number of carbonyl (C=O) groups excluding carboxylic acids is 1. The number of hydrogen-bond donors (Lipinski definition) is 5. The van der Waals surface area contributed by atoms with Crippen LogP contribution >= 0.6 is 11.6 Å². The van der Waals surface area contributed by atoms with E-state index in [1.807, 2.05) is 4.90 Å². The first kappa shape index (κ1) is 30.1. The van der Waals surface area contributed by atoms with Crippen molar-refractivity contribution in [3.05, 3.63) is 58.4 Å². The zero-order valence-electron chi connectivity index (χ0n) is 20.6. The third kappa shape index (κ3) is 8.01. The molecule has 0 atom stereocenters. The molecule has 8 nitrogen and oxygen atoms in total. The van der Waals surface area contributed by atoms with Crippen LogP contribution in [0.15, 0.2) is 36.4 Å². The number of halogens is 5. The topological polar surface area (TPSA) is 108 Å². The summed E-state index contributed by atoms with van der Waals surface area (Å²) in [5.74, 6) is -1.50. The number of hydrogen-bond acceptors (Lipinski definition) is 7. The van der Waals surface area contributed by atoms with E-state index in [1.165, 1.54) is 12.1 Å². The maximum atomic E-state index is 14.8. The number of nitrogens with one attached hydrogen (secondary N) is 2. The average molecular weight is 563 g/mol. The Kier molecular flexibility index (Phi) is 10.3. The van der Waals surface area contributed by atoms with E-state index in [9.17, 15) is 37.7 Å². The van der Waals surface area contributed by atoms with Gasteiger partial charge >= 0.3 is 6.18 Å². The normalized spacial score (nSPS) is 15.1. The number of anilines is 2. The highest BCUT2D eigenvalue weighted by Crippen LogP contribution is 2.31. The van der Waals surface area contributed by atoms with Crippen molar-refractivity contribution in [3.63, 3.8) is 0 Å². The van der Waals surface area contributed by atoms with Gasteiger partial charge in [-0.1, -0.05) is 17.7 Å². The van der Waals surface area contributed by atoms with Crippen molar-refractivity contribution in [1.82, 2.24) is 10.2 Å². The number of aliphatic hydroxyl groups excluding tert-OH is 3. The minimum atomic E-state index is -4.21. The van der Waals surface area contributed by atoms with Crippen LogP contribution in [0, 0.1) is 5.82 Å². The summed E-state index contributed by atoms with van der Waals surface area (Å²) >= 11 is 6.17. The third-order valence-corrected chi connectivity index (χ3v) is 6.72. The van der Waals surface area contributed by atoms with Gasteiger partial charge in [-0.25, -0.2) is 4.39 Å². The van der Waals surface area contributed by atoms with E-state index >= 15 is 0 Å². The van der Waals surface area contributed by atoms with Gasteiger partial charge < -0.3 is 30.9 Å². The van der Waals surface area contributed by atoms with Crippen LogP contribution in [0.4, 0.5) is 28.9 Å². The van der Waals surface area contributed by atoms with Gasteiger partial charge in [-0.15, -0.1) is 0 Å². The van der Waals surface area contributed by atoms with Crippen molar-refractivity contribution < 1.29 is 37.7 Å². The summed E-state index contributed by atoms with van der Waals surface area (Å²) in [6.07, 6.45) is -5.09. The molecule has 5 N–H and O–H groups in total. The summed E-state index contributed by atoms with van der Waals surface area (Å²) in [7, 11) is 0. The molecule has 38 heavy (non-hydrogen) atoms. The maximum Gasteiger partial charge on any atom is 0.390 e. The third-order valence-electron chi connectivity index (χ3n) is 6.49. The monoisotopic (exact) mass is 562 g/mol. The first-order chi connectivity index (χ1) is 18.0.